The Balaban J connectivity index is 1.63. The fourth-order valence-corrected chi connectivity index (χ4v) is 4.30. The van der Waals surface area contributed by atoms with Gasteiger partial charge in [0, 0.05) is 17.6 Å². The summed E-state index contributed by atoms with van der Waals surface area (Å²) in [6.45, 7) is 6.47. The molecule has 0 saturated heterocycles. The molecule has 1 aromatic carbocycles. The minimum absolute atomic E-state index is 0.0758. The van der Waals surface area contributed by atoms with Crippen molar-refractivity contribution in [1.82, 2.24) is 9.58 Å². The highest BCUT2D eigenvalue weighted by atomic mass is 32.2. The minimum Gasteiger partial charge on any atom is -0.317 e. The van der Waals surface area contributed by atoms with E-state index in [9.17, 15) is 4.79 Å². The molecule has 0 atom stereocenters. The number of carbonyl (C=O) groups excluding carboxylic acids is 1. The Morgan fingerprint density at radius 1 is 1.20 bits per heavy atom. The summed E-state index contributed by atoms with van der Waals surface area (Å²) in [6, 6.07) is 12.2. The van der Waals surface area contributed by atoms with Crippen LogP contribution >= 0.6 is 11.8 Å². The average Bonchev–Trinajstić information content (AvgIpc) is 3.36. The molecule has 1 amide bonds. The number of carbonyl (C=O) groups is 1. The topological polar surface area (TPSA) is 73.8 Å². The molecule has 1 aromatic heterocycles. The molecule has 30 heavy (non-hydrogen) atoms. The average molecular weight is 420 g/mol. The standard InChI is InChI=1S/C23H25N5OS/c1-4-5-8-20-26-28-21(24)19(22(29)25-23(28)30-20)14-18-7-6-13-27(18)17-11-9-16(10-12-17)15(2)3/h6-7,9-15,24H,4-5,8H2,1-3H3/b19-14+,24-21?. The van der Waals surface area contributed by atoms with Crippen LogP contribution in [0.15, 0.2) is 58.3 Å². The van der Waals surface area contributed by atoms with Crippen LogP contribution in [0, 0.1) is 5.41 Å². The van der Waals surface area contributed by atoms with Crippen molar-refractivity contribution in [3.63, 3.8) is 0 Å². The van der Waals surface area contributed by atoms with Crippen molar-refractivity contribution in [3.05, 3.63) is 59.4 Å². The van der Waals surface area contributed by atoms with Crippen LogP contribution in [-0.2, 0) is 4.79 Å². The van der Waals surface area contributed by atoms with Gasteiger partial charge in [0.15, 0.2) is 5.84 Å². The molecule has 2 aliphatic rings. The number of nitrogens with zero attached hydrogens (tertiary/aromatic N) is 4. The Hall–Kier alpha value is -2.93. The lowest BCUT2D eigenvalue weighted by atomic mass is 10.0. The zero-order valence-electron chi connectivity index (χ0n) is 17.4. The molecule has 2 aliphatic heterocycles. The molecule has 0 fully saturated rings. The molecule has 0 aliphatic carbocycles. The van der Waals surface area contributed by atoms with Gasteiger partial charge in [0.05, 0.1) is 5.57 Å². The third-order valence-electron chi connectivity index (χ3n) is 5.15. The predicted octanol–water partition coefficient (Wildman–Crippen LogP) is 5.41. The van der Waals surface area contributed by atoms with Crippen molar-refractivity contribution in [2.75, 3.05) is 0 Å². The molecule has 0 unspecified atom stereocenters. The van der Waals surface area contributed by atoms with Gasteiger partial charge in [-0.05, 0) is 66.4 Å². The Labute approximate surface area is 180 Å². The zero-order valence-corrected chi connectivity index (χ0v) is 18.2. The quantitative estimate of drug-likeness (QED) is 0.636. The first-order valence-electron chi connectivity index (χ1n) is 10.2. The minimum atomic E-state index is -0.395. The molecule has 0 radical (unpaired) electrons. The third kappa shape index (κ3) is 3.89. The highest BCUT2D eigenvalue weighted by molar-refractivity contribution is 8.26. The Morgan fingerprint density at radius 3 is 2.67 bits per heavy atom. The molecule has 3 heterocycles. The van der Waals surface area contributed by atoms with Crippen molar-refractivity contribution >= 4 is 39.8 Å². The molecule has 154 valence electrons. The van der Waals surface area contributed by atoms with E-state index >= 15 is 0 Å². The van der Waals surface area contributed by atoms with Crippen molar-refractivity contribution in [2.24, 2.45) is 10.1 Å². The number of hydrogen-bond donors (Lipinski definition) is 1. The van der Waals surface area contributed by atoms with Crippen molar-refractivity contribution in [1.29, 1.82) is 5.41 Å². The van der Waals surface area contributed by atoms with E-state index in [1.807, 2.05) is 22.9 Å². The van der Waals surface area contributed by atoms with E-state index in [4.69, 9.17) is 5.41 Å². The Bertz CT molecular complexity index is 1080. The maximum atomic E-state index is 12.7. The van der Waals surface area contributed by atoms with Gasteiger partial charge in [-0.2, -0.15) is 15.1 Å². The summed E-state index contributed by atoms with van der Waals surface area (Å²) in [5, 5.41) is 15.9. The highest BCUT2D eigenvalue weighted by Gasteiger charge is 2.35. The molecule has 2 aromatic rings. The first kappa shape index (κ1) is 20.3. The molecular formula is C23H25N5OS. The summed E-state index contributed by atoms with van der Waals surface area (Å²) in [7, 11) is 0. The molecule has 0 spiro atoms. The van der Waals surface area contributed by atoms with Crippen LogP contribution in [0.5, 0.6) is 0 Å². The summed E-state index contributed by atoms with van der Waals surface area (Å²) in [4.78, 5) is 16.8. The van der Waals surface area contributed by atoms with E-state index in [1.54, 1.807) is 6.08 Å². The second-order valence-corrected chi connectivity index (χ2v) is 8.71. The van der Waals surface area contributed by atoms with E-state index < -0.39 is 5.91 Å². The van der Waals surface area contributed by atoms with Crippen LogP contribution in [0.1, 0.15) is 57.2 Å². The molecule has 0 bridgehead atoms. The Kier molecular flexibility index (Phi) is 5.72. The number of hydrazone groups is 1. The van der Waals surface area contributed by atoms with Gasteiger partial charge in [-0.3, -0.25) is 10.2 Å². The summed E-state index contributed by atoms with van der Waals surface area (Å²) >= 11 is 1.39. The van der Waals surface area contributed by atoms with Crippen LogP contribution in [-0.4, -0.2) is 31.5 Å². The van der Waals surface area contributed by atoms with Gasteiger partial charge < -0.3 is 4.57 Å². The number of amidine groups is 2. The predicted molar refractivity (Wildman–Crippen MR) is 124 cm³/mol. The van der Waals surface area contributed by atoms with E-state index in [-0.39, 0.29) is 11.4 Å². The van der Waals surface area contributed by atoms with Crippen LogP contribution in [0.3, 0.4) is 0 Å². The van der Waals surface area contributed by atoms with Gasteiger partial charge in [0.2, 0.25) is 5.17 Å². The van der Waals surface area contributed by atoms with Crippen molar-refractivity contribution < 1.29 is 4.79 Å². The molecule has 0 saturated carbocycles. The maximum absolute atomic E-state index is 12.7. The lowest BCUT2D eigenvalue weighted by Gasteiger charge is -2.20. The third-order valence-corrected chi connectivity index (χ3v) is 6.12. The number of aliphatic imine (C=N–C) groups is 1. The number of amides is 1. The number of thioether (sulfide) groups is 1. The summed E-state index contributed by atoms with van der Waals surface area (Å²) in [5.74, 6) is 0.152. The van der Waals surface area contributed by atoms with Crippen LogP contribution in [0.25, 0.3) is 11.8 Å². The van der Waals surface area contributed by atoms with Gasteiger partial charge in [-0.1, -0.05) is 39.3 Å². The Morgan fingerprint density at radius 2 is 1.97 bits per heavy atom. The lowest BCUT2D eigenvalue weighted by molar-refractivity contribution is -0.114. The van der Waals surface area contributed by atoms with Crippen LogP contribution in [0.2, 0.25) is 0 Å². The monoisotopic (exact) mass is 419 g/mol. The van der Waals surface area contributed by atoms with E-state index in [0.717, 1.165) is 35.7 Å². The molecule has 1 N–H and O–H groups in total. The van der Waals surface area contributed by atoms with Gasteiger partial charge in [0.25, 0.3) is 5.91 Å². The molecule has 4 rings (SSSR count). The summed E-state index contributed by atoms with van der Waals surface area (Å²) in [5.41, 5.74) is 3.35. The van der Waals surface area contributed by atoms with Gasteiger partial charge >= 0.3 is 0 Å². The molecular weight excluding hydrogens is 394 g/mol. The number of rotatable bonds is 6. The number of unbranched alkanes of at least 4 members (excludes halogenated alkanes) is 1. The molecule has 7 heteroatoms. The highest BCUT2D eigenvalue weighted by Crippen LogP contribution is 2.30. The zero-order chi connectivity index (χ0) is 21.3. The van der Waals surface area contributed by atoms with Gasteiger partial charge in [0.1, 0.15) is 5.04 Å². The first-order chi connectivity index (χ1) is 14.5. The van der Waals surface area contributed by atoms with E-state index in [0.29, 0.717) is 11.1 Å². The SMILES string of the molecule is CCCCC1=NN2C(=N)/C(=C\c3cccn3-c3ccc(C(C)C)cc3)C(=O)N=C2S1. The lowest BCUT2D eigenvalue weighted by Crippen LogP contribution is -2.35. The number of nitrogens with one attached hydrogen (secondary N) is 1. The van der Waals surface area contributed by atoms with Crippen molar-refractivity contribution in [2.45, 2.75) is 46.0 Å². The first-order valence-corrected chi connectivity index (χ1v) is 11.1. The van der Waals surface area contributed by atoms with Gasteiger partial charge in [-0.15, -0.1) is 0 Å². The van der Waals surface area contributed by atoms with Gasteiger partial charge in [-0.25, -0.2) is 0 Å². The maximum Gasteiger partial charge on any atom is 0.283 e. The smallest absolute Gasteiger partial charge is 0.283 e. The fraction of sp³-hybridized carbons (Fsp3) is 0.304. The van der Waals surface area contributed by atoms with E-state index in [1.165, 1.54) is 22.3 Å². The number of fused-ring (bicyclic) bond motifs is 1. The van der Waals surface area contributed by atoms with Crippen LogP contribution < -0.4 is 0 Å². The number of hydrogen-bond acceptors (Lipinski definition) is 4. The number of benzene rings is 1. The normalized spacial score (nSPS) is 17.6. The number of aromatic nitrogens is 1. The summed E-state index contributed by atoms with van der Waals surface area (Å²) in [6.07, 6.45) is 6.62. The van der Waals surface area contributed by atoms with Crippen molar-refractivity contribution in [3.8, 4) is 5.69 Å². The second kappa shape index (κ2) is 8.44. The second-order valence-electron chi connectivity index (χ2n) is 7.67. The summed E-state index contributed by atoms with van der Waals surface area (Å²) < 4.78 is 2.01. The van der Waals surface area contributed by atoms with Crippen LogP contribution in [0.4, 0.5) is 0 Å². The molecule has 6 nitrogen and oxygen atoms in total. The van der Waals surface area contributed by atoms with E-state index in [2.05, 4.69) is 55.1 Å². The fourth-order valence-electron chi connectivity index (χ4n) is 3.38. The largest absolute Gasteiger partial charge is 0.317 e.